The standard InChI is InChI=1S/C24H21ClN4O6S3/c1-11-4-3-5-15(25)19(11)34-8-14-6-7-16(35-14)20(30)26-17-21(31)29-18(23(32)33)13(9-36-22(17)29)10-37-24-28-27-12(2)38-24/h3-7,17,22H,8-10H2,1-2H3,(H,26,30)(H,32,33)/t17-,22-/m1/s1. The SMILES string of the molecule is Cc1nnc(SCC2=C(C(=O)O)N3C(=O)[C@@H](NC(=O)c4ccc(COc5c(C)cccc5Cl)o4)[C@H]3SC2)s1. The van der Waals surface area contributed by atoms with Crippen LogP contribution in [0.2, 0.25) is 5.02 Å². The van der Waals surface area contributed by atoms with Crippen molar-refractivity contribution < 1.29 is 28.6 Å². The lowest BCUT2D eigenvalue weighted by molar-refractivity contribution is -0.148. The van der Waals surface area contributed by atoms with Crippen molar-refractivity contribution in [2.45, 2.75) is 36.2 Å². The largest absolute Gasteiger partial charge is 0.484 e. The zero-order valence-electron chi connectivity index (χ0n) is 20.1. The topological polar surface area (TPSA) is 135 Å². The van der Waals surface area contributed by atoms with E-state index in [4.69, 9.17) is 20.8 Å². The van der Waals surface area contributed by atoms with E-state index in [0.29, 0.717) is 33.6 Å². The number of para-hydroxylation sites is 1. The van der Waals surface area contributed by atoms with E-state index in [1.165, 1.54) is 45.8 Å². The number of aryl methyl sites for hydroxylation is 2. The van der Waals surface area contributed by atoms with Crippen molar-refractivity contribution >= 4 is 64.2 Å². The number of carboxylic acids is 1. The van der Waals surface area contributed by atoms with Gasteiger partial charge in [0.1, 0.15) is 40.2 Å². The van der Waals surface area contributed by atoms with Crippen molar-refractivity contribution in [1.82, 2.24) is 20.4 Å². The maximum absolute atomic E-state index is 12.9. The number of β-lactam (4-membered cyclic amide) rings is 1. The van der Waals surface area contributed by atoms with Gasteiger partial charge in [0.15, 0.2) is 10.1 Å². The highest BCUT2D eigenvalue weighted by Crippen LogP contribution is 2.42. The molecular formula is C24H21ClN4O6S3. The number of carboxylic acid groups (broad SMARTS) is 1. The van der Waals surface area contributed by atoms with Crippen LogP contribution < -0.4 is 10.1 Å². The molecule has 14 heteroatoms. The summed E-state index contributed by atoms with van der Waals surface area (Å²) in [4.78, 5) is 39.1. The highest BCUT2D eigenvalue weighted by atomic mass is 35.5. The monoisotopic (exact) mass is 592 g/mol. The number of aliphatic carboxylic acids is 1. The van der Waals surface area contributed by atoms with E-state index in [-0.39, 0.29) is 18.1 Å². The second kappa shape index (κ2) is 11.0. The fraction of sp³-hybridized carbons (Fsp3) is 0.292. The Hall–Kier alpha value is -3.00. The quantitative estimate of drug-likeness (QED) is 0.276. The lowest BCUT2D eigenvalue weighted by atomic mass is 10.0. The number of aromatic nitrogens is 2. The maximum Gasteiger partial charge on any atom is 0.352 e. The Morgan fingerprint density at radius 3 is 2.82 bits per heavy atom. The average Bonchev–Trinajstić information content (AvgIpc) is 3.53. The van der Waals surface area contributed by atoms with Crippen molar-refractivity contribution in [3.05, 3.63) is 68.7 Å². The minimum Gasteiger partial charge on any atom is -0.484 e. The first kappa shape index (κ1) is 26.6. The number of carbonyl (C=O) groups is 3. The molecule has 2 aliphatic rings. The molecule has 0 saturated carbocycles. The predicted octanol–water partition coefficient (Wildman–Crippen LogP) is 4.12. The van der Waals surface area contributed by atoms with Gasteiger partial charge in [-0.25, -0.2) is 4.79 Å². The minimum absolute atomic E-state index is 0.0185. The van der Waals surface area contributed by atoms with Gasteiger partial charge in [0, 0.05) is 11.5 Å². The second-order valence-electron chi connectivity index (χ2n) is 8.43. The van der Waals surface area contributed by atoms with Gasteiger partial charge in [-0.15, -0.1) is 22.0 Å². The molecule has 0 bridgehead atoms. The Bertz CT molecular complexity index is 1430. The first-order valence-corrected chi connectivity index (χ1v) is 14.6. The van der Waals surface area contributed by atoms with Crippen molar-refractivity contribution in [1.29, 1.82) is 0 Å². The molecule has 2 aliphatic heterocycles. The summed E-state index contributed by atoms with van der Waals surface area (Å²) < 4.78 is 12.1. The van der Waals surface area contributed by atoms with Crippen LogP contribution >= 0.6 is 46.5 Å². The number of rotatable bonds is 9. The number of nitrogens with zero attached hydrogens (tertiary/aromatic N) is 3. The van der Waals surface area contributed by atoms with Crippen LogP contribution in [-0.4, -0.2) is 60.9 Å². The van der Waals surface area contributed by atoms with Crippen molar-refractivity contribution in [3.63, 3.8) is 0 Å². The number of amides is 2. The number of ether oxygens (including phenoxy) is 1. The number of hydrogen-bond acceptors (Lipinski definition) is 10. The lowest BCUT2D eigenvalue weighted by Gasteiger charge is -2.49. The fourth-order valence-corrected chi connectivity index (χ4v) is 7.59. The molecule has 10 nitrogen and oxygen atoms in total. The summed E-state index contributed by atoms with van der Waals surface area (Å²) >= 11 is 10.4. The van der Waals surface area contributed by atoms with Crippen LogP contribution in [0.4, 0.5) is 0 Å². The van der Waals surface area contributed by atoms with Gasteiger partial charge in [0.05, 0.1) is 5.02 Å². The van der Waals surface area contributed by atoms with Gasteiger partial charge >= 0.3 is 5.97 Å². The smallest absolute Gasteiger partial charge is 0.352 e. The fourth-order valence-electron chi connectivity index (χ4n) is 4.01. The molecule has 0 radical (unpaired) electrons. The van der Waals surface area contributed by atoms with Crippen molar-refractivity contribution in [2.24, 2.45) is 0 Å². The zero-order valence-corrected chi connectivity index (χ0v) is 23.3. The number of thioether (sulfide) groups is 2. The van der Waals surface area contributed by atoms with E-state index < -0.39 is 29.2 Å². The molecule has 3 aromatic rings. The van der Waals surface area contributed by atoms with Crippen LogP contribution in [0.5, 0.6) is 5.75 Å². The first-order valence-electron chi connectivity index (χ1n) is 11.3. The highest BCUT2D eigenvalue weighted by molar-refractivity contribution is 8.01. The second-order valence-corrected chi connectivity index (χ2v) is 12.4. The Labute approximate surface area is 234 Å². The number of hydrogen-bond donors (Lipinski definition) is 2. The molecule has 2 N–H and O–H groups in total. The van der Waals surface area contributed by atoms with Gasteiger partial charge in [0.25, 0.3) is 11.8 Å². The zero-order chi connectivity index (χ0) is 27.0. The average molecular weight is 593 g/mol. The summed E-state index contributed by atoms with van der Waals surface area (Å²) in [7, 11) is 0. The van der Waals surface area contributed by atoms with E-state index in [2.05, 4.69) is 15.5 Å². The third-order valence-corrected chi connectivity index (χ3v) is 9.52. The van der Waals surface area contributed by atoms with Gasteiger partial charge in [0.2, 0.25) is 0 Å². The molecule has 1 saturated heterocycles. The number of halogens is 1. The molecule has 5 rings (SSSR count). The summed E-state index contributed by atoms with van der Waals surface area (Å²) in [5.74, 6) is -0.480. The molecule has 1 aromatic carbocycles. The van der Waals surface area contributed by atoms with E-state index in [1.54, 1.807) is 12.1 Å². The number of fused-ring (bicyclic) bond motifs is 1. The van der Waals surface area contributed by atoms with Gasteiger partial charge < -0.3 is 19.6 Å². The van der Waals surface area contributed by atoms with Gasteiger partial charge in [-0.1, -0.05) is 46.8 Å². The normalized spacial score (nSPS) is 18.7. The number of furan rings is 1. The predicted molar refractivity (Wildman–Crippen MR) is 144 cm³/mol. The molecule has 198 valence electrons. The molecule has 38 heavy (non-hydrogen) atoms. The molecule has 4 heterocycles. The van der Waals surface area contributed by atoms with Crippen molar-refractivity contribution in [2.75, 3.05) is 11.5 Å². The third-order valence-electron chi connectivity index (χ3n) is 5.82. The Morgan fingerprint density at radius 2 is 2.11 bits per heavy atom. The van der Waals surface area contributed by atoms with Crippen LogP contribution in [0.15, 0.2) is 50.4 Å². The van der Waals surface area contributed by atoms with Gasteiger partial charge in [-0.05, 0) is 43.2 Å². The van der Waals surface area contributed by atoms with Crippen LogP contribution in [-0.2, 0) is 16.2 Å². The summed E-state index contributed by atoms with van der Waals surface area (Å²) in [6, 6.07) is 7.66. The number of carbonyl (C=O) groups excluding carboxylic acids is 2. The highest BCUT2D eigenvalue weighted by Gasteiger charge is 2.54. The Kier molecular flexibility index (Phi) is 7.70. The number of nitrogens with one attached hydrogen (secondary N) is 1. The summed E-state index contributed by atoms with van der Waals surface area (Å²) in [5, 5.41) is 21.3. The molecule has 0 spiro atoms. The third kappa shape index (κ3) is 5.28. The Balaban J connectivity index is 1.21. The molecule has 0 unspecified atom stereocenters. The number of benzene rings is 1. The summed E-state index contributed by atoms with van der Waals surface area (Å²) in [5.41, 5.74) is 1.45. The summed E-state index contributed by atoms with van der Waals surface area (Å²) in [6.07, 6.45) is 0. The van der Waals surface area contributed by atoms with Crippen LogP contribution in [0.1, 0.15) is 26.9 Å². The van der Waals surface area contributed by atoms with E-state index in [1.807, 2.05) is 26.0 Å². The Morgan fingerprint density at radius 1 is 1.29 bits per heavy atom. The van der Waals surface area contributed by atoms with E-state index in [0.717, 1.165) is 14.9 Å². The molecule has 0 aliphatic carbocycles. The van der Waals surface area contributed by atoms with E-state index >= 15 is 0 Å². The summed E-state index contributed by atoms with van der Waals surface area (Å²) in [6.45, 7) is 3.78. The molecule has 2 amide bonds. The molecule has 2 atom stereocenters. The van der Waals surface area contributed by atoms with Crippen molar-refractivity contribution in [3.8, 4) is 5.75 Å². The minimum atomic E-state index is -1.18. The lowest BCUT2D eigenvalue weighted by Crippen LogP contribution is -2.70. The molecular weight excluding hydrogens is 572 g/mol. The van der Waals surface area contributed by atoms with Crippen LogP contribution in [0, 0.1) is 13.8 Å². The van der Waals surface area contributed by atoms with Crippen LogP contribution in [0.25, 0.3) is 0 Å². The van der Waals surface area contributed by atoms with Gasteiger partial charge in [-0.2, -0.15) is 0 Å². The van der Waals surface area contributed by atoms with E-state index in [9.17, 15) is 19.5 Å². The molecule has 1 fully saturated rings. The first-order chi connectivity index (χ1) is 18.2. The molecule has 2 aromatic heterocycles. The van der Waals surface area contributed by atoms with Crippen LogP contribution in [0.3, 0.4) is 0 Å². The van der Waals surface area contributed by atoms with Gasteiger partial charge in [-0.3, -0.25) is 14.5 Å². The maximum atomic E-state index is 12.9.